The van der Waals surface area contributed by atoms with Crippen molar-refractivity contribution < 1.29 is 14.0 Å². The molecule has 0 atom stereocenters. The van der Waals surface area contributed by atoms with Crippen LogP contribution in [0.25, 0.3) is 22.0 Å². The quantitative estimate of drug-likeness (QED) is 0.469. The maximum atomic E-state index is 12.6. The number of pyridine rings is 1. The molecule has 0 radical (unpaired) electrons. The first-order valence-corrected chi connectivity index (χ1v) is 10.3. The summed E-state index contributed by atoms with van der Waals surface area (Å²) in [6, 6.07) is 21.3. The van der Waals surface area contributed by atoms with Gasteiger partial charge in [-0.2, -0.15) is 0 Å². The van der Waals surface area contributed by atoms with Crippen LogP contribution < -0.4 is 4.90 Å². The lowest BCUT2D eigenvalue weighted by atomic mass is 10.00. The van der Waals surface area contributed by atoms with Crippen molar-refractivity contribution in [3.63, 3.8) is 0 Å². The summed E-state index contributed by atoms with van der Waals surface area (Å²) in [5.41, 5.74) is 2.44. The highest BCUT2D eigenvalue weighted by atomic mass is 16.3. The predicted molar refractivity (Wildman–Crippen MR) is 119 cm³/mol. The van der Waals surface area contributed by atoms with Crippen molar-refractivity contribution in [2.75, 3.05) is 31.1 Å². The molecule has 0 spiro atoms. The molecule has 1 saturated heterocycles. The number of carbonyl (C=O) groups excluding carboxylic acids is 2. The Kier molecular flexibility index (Phi) is 4.96. The number of furan rings is 1. The fourth-order valence-electron chi connectivity index (χ4n) is 4.12. The van der Waals surface area contributed by atoms with Gasteiger partial charge in [0, 0.05) is 37.1 Å². The summed E-state index contributed by atoms with van der Waals surface area (Å²) < 4.78 is 5.25. The zero-order valence-corrected chi connectivity index (χ0v) is 16.9. The van der Waals surface area contributed by atoms with Gasteiger partial charge in [0.05, 0.1) is 17.5 Å². The lowest BCUT2D eigenvalue weighted by Crippen LogP contribution is -2.49. The van der Waals surface area contributed by atoms with Crippen molar-refractivity contribution in [3.8, 4) is 11.3 Å². The summed E-state index contributed by atoms with van der Waals surface area (Å²) >= 11 is 0. The van der Waals surface area contributed by atoms with Crippen molar-refractivity contribution >= 4 is 28.8 Å². The van der Waals surface area contributed by atoms with Crippen molar-refractivity contribution in [2.45, 2.75) is 0 Å². The van der Waals surface area contributed by atoms with Gasteiger partial charge in [0.15, 0.2) is 12.0 Å². The smallest absolute Gasteiger partial charge is 0.289 e. The molecule has 5 rings (SSSR count). The minimum absolute atomic E-state index is 0.114. The van der Waals surface area contributed by atoms with E-state index in [2.05, 4.69) is 4.90 Å². The number of piperazine rings is 1. The van der Waals surface area contributed by atoms with E-state index in [1.54, 1.807) is 17.0 Å². The summed E-state index contributed by atoms with van der Waals surface area (Å²) in [5, 5.41) is 1.83. The van der Waals surface area contributed by atoms with Crippen LogP contribution in [0.2, 0.25) is 0 Å². The van der Waals surface area contributed by atoms with Crippen molar-refractivity contribution in [2.24, 2.45) is 0 Å². The number of aromatic nitrogens is 1. The molecule has 6 nitrogen and oxygen atoms in total. The minimum Gasteiger partial charge on any atom is -0.459 e. The summed E-state index contributed by atoms with van der Waals surface area (Å²) in [6.45, 7) is 2.25. The highest BCUT2D eigenvalue weighted by molar-refractivity contribution is 6.07. The molecule has 0 aliphatic carbocycles. The monoisotopic (exact) mass is 411 g/mol. The molecule has 31 heavy (non-hydrogen) atoms. The Morgan fingerprint density at radius 2 is 1.58 bits per heavy atom. The van der Waals surface area contributed by atoms with E-state index >= 15 is 0 Å². The van der Waals surface area contributed by atoms with E-state index in [0.717, 1.165) is 28.3 Å². The fraction of sp³-hybridized carbons (Fsp3) is 0.160. The highest BCUT2D eigenvalue weighted by Gasteiger charge is 2.27. The van der Waals surface area contributed by atoms with Gasteiger partial charge >= 0.3 is 0 Å². The molecule has 2 aromatic carbocycles. The van der Waals surface area contributed by atoms with E-state index in [1.807, 2.05) is 54.6 Å². The van der Waals surface area contributed by atoms with Crippen LogP contribution in [-0.4, -0.2) is 48.3 Å². The van der Waals surface area contributed by atoms with Crippen LogP contribution in [-0.2, 0) is 0 Å². The highest BCUT2D eigenvalue weighted by Crippen LogP contribution is 2.34. The molecule has 4 aromatic rings. The van der Waals surface area contributed by atoms with Gasteiger partial charge in [-0.05, 0) is 17.5 Å². The number of anilines is 1. The Hall–Kier alpha value is -3.93. The molecule has 3 heterocycles. The van der Waals surface area contributed by atoms with Crippen LogP contribution in [0.3, 0.4) is 0 Å². The van der Waals surface area contributed by atoms with E-state index < -0.39 is 0 Å². The van der Waals surface area contributed by atoms with Gasteiger partial charge in [0.2, 0.25) is 0 Å². The fourth-order valence-corrected chi connectivity index (χ4v) is 4.12. The number of benzene rings is 2. The second-order valence-corrected chi connectivity index (χ2v) is 7.48. The van der Waals surface area contributed by atoms with E-state index in [4.69, 9.17) is 9.40 Å². The largest absolute Gasteiger partial charge is 0.459 e. The Morgan fingerprint density at radius 3 is 2.26 bits per heavy atom. The van der Waals surface area contributed by atoms with Crippen LogP contribution in [0.5, 0.6) is 0 Å². The van der Waals surface area contributed by atoms with Gasteiger partial charge in [-0.1, -0.05) is 54.6 Å². The molecule has 0 unspecified atom stereocenters. The van der Waals surface area contributed by atoms with Crippen molar-refractivity contribution in [3.05, 3.63) is 84.3 Å². The molecule has 1 fully saturated rings. The van der Waals surface area contributed by atoms with Crippen LogP contribution in [0.1, 0.15) is 20.9 Å². The Morgan fingerprint density at radius 1 is 0.871 bits per heavy atom. The first-order chi connectivity index (χ1) is 15.3. The summed E-state index contributed by atoms with van der Waals surface area (Å²) in [6.07, 6.45) is 2.39. The molecule has 0 bridgehead atoms. The van der Waals surface area contributed by atoms with E-state index in [-0.39, 0.29) is 5.91 Å². The number of fused-ring (bicyclic) bond motifs is 1. The van der Waals surface area contributed by atoms with Crippen molar-refractivity contribution in [1.82, 2.24) is 9.88 Å². The predicted octanol–water partition coefficient (Wildman–Crippen LogP) is 4.27. The van der Waals surface area contributed by atoms with Crippen LogP contribution in [0.4, 0.5) is 5.82 Å². The first-order valence-electron chi connectivity index (χ1n) is 10.3. The third-order valence-electron chi connectivity index (χ3n) is 5.69. The molecule has 154 valence electrons. The molecular weight excluding hydrogens is 390 g/mol. The van der Waals surface area contributed by atoms with E-state index in [0.29, 0.717) is 43.3 Å². The van der Waals surface area contributed by atoms with Crippen LogP contribution >= 0.6 is 0 Å². The van der Waals surface area contributed by atoms with Gasteiger partial charge in [-0.3, -0.25) is 9.59 Å². The van der Waals surface area contributed by atoms with E-state index in [1.165, 1.54) is 6.26 Å². The number of rotatable bonds is 4. The summed E-state index contributed by atoms with van der Waals surface area (Å²) in [5.74, 6) is 0.895. The molecule has 6 heteroatoms. The van der Waals surface area contributed by atoms with Crippen LogP contribution in [0, 0.1) is 0 Å². The number of carbonyl (C=O) groups is 2. The third-order valence-corrected chi connectivity index (χ3v) is 5.69. The molecule has 0 N–H and O–H groups in total. The van der Waals surface area contributed by atoms with Gasteiger partial charge in [-0.25, -0.2) is 4.98 Å². The molecular formula is C25H21N3O3. The van der Waals surface area contributed by atoms with Gasteiger partial charge in [0.25, 0.3) is 5.91 Å². The Labute approximate surface area is 179 Å². The van der Waals surface area contributed by atoms with E-state index in [9.17, 15) is 9.59 Å². The average Bonchev–Trinajstić information content (AvgIpc) is 3.38. The maximum Gasteiger partial charge on any atom is 0.289 e. The molecule has 2 aromatic heterocycles. The minimum atomic E-state index is -0.114. The molecule has 1 amide bonds. The van der Waals surface area contributed by atoms with Gasteiger partial charge < -0.3 is 14.2 Å². The number of amides is 1. The standard InChI is InChI=1S/C25H21N3O3/c29-17-21-19-9-4-5-10-20(19)23(18-7-2-1-3-8-18)26-24(21)27-12-14-28(15-13-27)25(30)22-11-6-16-31-22/h1-11,16-17H,12-15H2. The third kappa shape index (κ3) is 3.46. The summed E-state index contributed by atoms with van der Waals surface area (Å²) in [7, 11) is 0. The average molecular weight is 411 g/mol. The van der Waals surface area contributed by atoms with Gasteiger partial charge in [0.1, 0.15) is 5.82 Å². The number of hydrogen-bond donors (Lipinski definition) is 0. The molecule has 1 aliphatic heterocycles. The van der Waals surface area contributed by atoms with Crippen LogP contribution in [0.15, 0.2) is 77.4 Å². The van der Waals surface area contributed by atoms with Crippen molar-refractivity contribution in [1.29, 1.82) is 0 Å². The topological polar surface area (TPSA) is 66.7 Å². The zero-order valence-electron chi connectivity index (χ0n) is 16.9. The maximum absolute atomic E-state index is 12.6. The molecule has 1 aliphatic rings. The number of aldehydes is 1. The first kappa shape index (κ1) is 19.1. The molecule has 0 saturated carbocycles. The number of hydrogen-bond acceptors (Lipinski definition) is 5. The Balaban J connectivity index is 1.51. The normalized spacial score (nSPS) is 14.1. The second-order valence-electron chi connectivity index (χ2n) is 7.48. The SMILES string of the molecule is O=Cc1c(N2CCN(C(=O)c3ccco3)CC2)nc(-c2ccccc2)c2ccccc12. The lowest BCUT2D eigenvalue weighted by molar-refractivity contribution is 0.0714. The Bertz CT molecular complexity index is 1230. The second kappa shape index (κ2) is 8.07. The zero-order chi connectivity index (χ0) is 21.2. The number of nitrogens with zero attached hydrogens (tertiary/aromatic N) is 3. The van der Waals surface area contributed by atoms with Gasteiger partial charge in [-0.15, -0.1) is 0 Å². The lowest BCUT2D eigenvalue weighted by Gasteiger charge is -2.36. The summed E-state index contributed by atoms with van der Waals surface area (Å²) in [4.78, 5) is 33.5.